The Balaban J connectivity index is 2.70. The molecule has 0 aromatic carbocycles. The third-order valence-corrected chi connectivity index (χ3v) is 3.28. The lowest BCUT2D eigenvalue weighted by Crippen LogP contribution is -1.73. The Labute approximate surface area is 86.4 Å². The van der Waals surface area contributed by atoms with E-state index in [1.54, 1.807) is 0 Å². The highest BCUT2D eigenvalue weighted by molar-refractivity contribution is 9.09. The molecular formula is C10H13BrS. The van der Waals surface area contributed by atoms with Crippen LogP contribution in [-0.2, 0) is 0 Å². The standard InChI is InChI=1S/C10H13BrS/c1-8(4-3-7-11)10-6-5-9(2)12-10/h4-6H,3,7H2,1-2H3. The Bertz CT molecular complexity index is 273. The summed E-state index contributed by atoms with van der Waals surface area (Å²) >= 11 is 5.28. The Morgan fingerprint density at radius 3 is 2.83 bits per heavy atom. The number of hydrogen-bond donors (Lipinski definition) is 0. The molecule has 0 aliphatic heterocycles. The van der Waals surface area contributed by atoms with Crippen molar-refractivity contribution in [2.45, 2.75) is 20.3 Å². The number of rotatable bonds is 3. The minimum absolute atomic E-state index is 1.05. The van der Waals surface area contributed by atoms with Gasteiger partial charge in [0.1, 0.15) is 0 Å². The highest BCUT2D eigenvalue weighted by Crippen LogP contribution is 2.23. The van der Waals surface area contributed by atoms with E-state index in [2.05, 4.69) is 48.0 Å². The summed E-state index contributed by atoms with van der Waals surface area (Å²) in [4.78, 5) is 2.78. The van der Waals surface area contributed by atoms with Crippen LogP contribution in [0.25, 0.3) is 5.57 Å². The lowest BCUT2D eigenvalue weighted by molar-refractivity contribution is 1.26. The van der Waals surface area contributed by atoms with E-state index in [-0.39, 0.29) is 0 Å². The van der Waals surface area contributed by atoms with Crippen LogP contribution >= 0.6 is 27.3 Å². The minimum Gasteiger partial charge on any atom is -0.141 e. The van der Waals surface area contributed by atoms with Gasteiger partial charge in [0.25, 0.3) is 0 Å². The predicted molar refractivity (Wildman–Crippen MR) is 61.1 cm³/mol. The van der Waals surface area contributed by atoms with Gasteiger partial charge in [0.15, 0.2) is 0 Å². The first-order valence-corrected chi connectivity index (χ1v) is 5.97. The molecule has 0 N–H and O–H groups in total. The van der Waals surface area contributed by atoms with Gasteiger partial charge in [-0.05, 0) is 38.0 Å². The molecule has 2 heteroatoms. The molecule has 0 nitrogen and oxygen atoms in total. The van der Waals surface area contributed by atoms with Crippen LogP contribution in [0.15, 0.2) is 18.2 Å². The summed E-state index contributed by atoms with van der Waals surface area (Å²) < 4.78 is 0. The maximum atomic E-state index is 3.41. The summed E-state index contributed by atoms with van der Waals surface area (Å²) in [5.74, 6) is 0. The number of halogens is 1. The monoisotopic (exact) mass is 244 g/mol. The van der Waals surface area contributed by atoms with Gasteiger partial charge in [0, 0.05) is 15.1 Å². The van der Waals surface area contributed by atoms with E-state index in [1.165, 1.54) is 15.3 Å². The first kappa shape index (κ1) is 10.0. The lowest BCUT2D eigenvalue weighted by Gasteiger charge is -1.94. The first-order chi connectivity index (χ1) is 5.74. The highest BCUT2D eigenvalue weighted by Gasteiger charge is 1.97. The van der Waals surface area contributed by atoms with Crippen molar-refractivity contribution in [3.05, 3.63) is 28.0 Å². The largest absolute Gasteiger partial charge is 0.141 e. The summed E-state index contributed by atoms with van der Waals surface area (Å²) in [7, 11) is 0. The van der Waals surface area contributed by atoms with Crippen LogP contribution in [0.5, 0.6) is 0 Å². The molecule has 66 valence electrons. The minimum atomic E-state index is 1.05. The van der Waals surface area contributed by atoms with Gasteiger partial charge in [-0.3, -0.25) is 0 Å². The molecule has 0 atom stereocenters. The lowest BCUT2D eigenvalue weighted by atomic mass is 10.2. The fourth-order valence-corrected chi connectivity index (χ4v) is 2.11. The molecule has 0 aliphatic rings. The van der Waals surface area contributed by atoms with Crippen LogP contribution in [-0.4, -0.2) is 5.33 Å². The molecule has 12 heavy (non-hydrogen) atoms. The van der Waals surface area contributed by atoms with Crippen LogP contribution in [0.2, 0.25) is 0 Å². The summed E-state index contributed by atoms with van der Waals surface area (Å²) in [5, 5.41) is 1.05. The maximum Gasteiger partial charge on any atom is 0.0299 e. The predicted octanol–water partition coefficient (Wildman–Crippen LogP) is 4.24. The number of aryl methyl sites for hydroxylation is 1. The SMILES string of the molecule is CC(=CCCBr)c1ccc(C)s1. The van der Waals surface area contributed by atoms with Gasteiger partial charge < -0.3 is 0 Å². The topological polar surface area (TPSA) is 0 Å². The third-order valence-electron chi connectivity index (χ3n) is 1.69. The Hall–Kier alpha value is -0.0800. The Morgan fingerprint density at radius 2 is 2.33 bits per heavy atom. The molecule has 0 radical (unpaired) electrons. The van der Waals surface area contributed by atoms with Crippen molar-refractivity contribution in [1.82, 2.24) is 0 Å². The molecule has 0 aliphatic carbocycles. The van der Waals surface area contributed by atoms with Crippen molar-refractivity contribution >= 4 is 32.8 Å². The summed E-state index contributed by atoms with van der Waals surface area (Å²) in [6, 6.07) is 4.37. The van der Waals surface area contributed by atoms with Crippen molar-refractivity contribution in [2.75, 3.05) is 5.33 Å². The van der Waals surface area contributed by atoms with Crippen LogP contribution in [0, 0.1) is 6.92 Å². The first-order valence-electron chi connectivity index (χ1n) is 4.03. The van der Waals surface area contributed by atoms with Crippen LogP contribution < -0.4 is 0 Å². The van der Waals surface area contributed by atoms with Crippen molar-refractivity contribution in [2.24, 2.45) is 0 Å². The molecule has 1 aromatic heterocycles. The Kier molecular flexibility index (Phi) is 4.02. The number of thiophene rings is 1. The average Bonchev–Trinajstić information content (AvgIpc) is 2.47. The molecular weight excluding hydrogens is 232 g/mol. The molecule has 0 spiro atoms. The van der Waals surface area contributed by atoms with E-state index in [0.29, 0.717) is 0 Å². The molecule has 0 saturated heterocycles. The summed E-state index contributed by atoms with van der Waals surface area (Å²) in [6.07, 6.45) is 3.39. The molecule has 1 heterocycles. The molecule has 1 rings (SSSR count). The van der Waals surface area contributed by atoms with E-state index in [0.717, 1.165) is 11.8 Å². The van der Waals surface area contributed by atoms with E-state index >= 15 is 0 Å². The van der Waals surface area contributed by atoms with Crippen molar-refractivity contribution in [1.29, 1.82) is 0 Å². The highest BCUT2D eigenvalue weighted by atomic mass is 79.9. The van der Waals surface area contributed by atoms with Crippen LogP contribution in [0.1, 0.15) is 23.1 Å². The van der Waals surface area contributed by atoms with Crippen LogP contribution in [0.3, 0.4) is 0 Å². The number of alkyl halides is 1. The fraction of sp³-hybridized carbons (Fsp3) is 0.400. The zero-order valence-corrected chi connectivity index (χ0v) is 9.83. The molecule has 0 fully saturated rings. The number of hydrogen-bond acceptors (Lipinski definition) is 1. The maximum absolute atomic E-state index is 3.41. The zero-order chi connectivity index (χ0) is 8.97. The molecule has 0 saturated carbocycles. The van der Waals surface area contributed by atoms with Gasteiger partial charge in [-0.25, -0.2) is 0 Å². The normalized spacial score (nSPS) is 12.1. The quantitative estimate of drug-likeness (QED) is 0.698. The van der Waals surface area contributed by atoms with Gasteiger partial charge in [0.2, 0.25) is 0 Å². The van der Waals surface area contributed by atoms with Crippen LogP contribution in [0.4, 0.5) is 0 Å². The second kappa shape index (κ2) is 4.83. The molecule has 1 aromatic rings. The van der Waals surface area contributed by atoms with Gasteiger partial charge >= 0.3 is 0 Å². The van der Waals surface area contributed by atoms with Gasteiger partial charge in [-0.1, -0.05) is 22.0 Å². The Morgan fingerprint density at radius 1 is 1.58 bits per heavy atom. The van der Waals surface area contributed by atoms with Gasteiger partial charge in [0.05, 0.1) is 0 Å². The second-order valence-electron chi connectivity index (χ2n) is 2.78. The summed E-state index contributed by atoms with van der Waals surface area (Å²) in [6.45, 7) is 4.32. The van der Waals surface area contributed by atoms with Crippen molar-refractivity contribution < 1.29 is 0 Å². The van der Waals surface area contributed by atoms with Gasteiger partial charge in [-0.15, -0.1) is 11.3 Å². The van der Waals surface area contributed by atoms with E-state index in [4.69, 9.17) is 0 Å². The average molecular weight is 245 g/mol. The zero-order valence-electron chi connectivity index (χ0n) is 7.43. The number of allylic oxidation sites excluding steroid dienone is 2. The van der Waals surface area contributed by atoms with Crippen molar-refractivity contribution in [3.63, 3.8) is 0 Å². The van der Waals surface area contributed by atoms with Gasteiger partial charge in [-0.2, -0.15) is 0 Å². The molecule has 0 bridgehead atoms. The second-order valence-corrected chi connectivity index (χ2v) is 4.86. The molecule has 0 unspecified atom stereocenters. The smallest absolute Gasteiger partial charge is 0.0299 e. The van der Waals surface area contributed by atoms with Crippen molar-refractivity contribution in [3.8, 4) is 0 Å². The molecule has 0 amide bonds. The van der Waals surface area contributed by atoms with E-state index in [9.17, 15) is 0 Å². The van der Waals surface area contributed by atoms with E-state index < -0.39 is 0 Å². The summed E-state index contributed by atoms with van der Waals surface area (Å²) in [5.41, 5.74) is 1.40. The third kappa shape index (κ3) is 2.76. The fourth-order valence-electron chi connectivity index (χ4n) is 1.02. The van der Waals surface area contributed by atoms with E-state index in [1.807, 2.05) is 11.3 Å².